The van der Waals surface area contributed by atoms with Crippen LogP contribution in [0.1, 0.15) is 107 Å². The predicted molar refractivity (Wildman–Crippen MR) is 385 cm³/mol. The summed E-state index contributed by atoms with van der Waals surface area (Å²) in [4.78, 5) is 158. The molecule has 0 aliphatic heterocycles. The molecule has 1 heterocycles. The van der Waals surface area contributed by atoms with Crippen molar-refractivity contribution in [3.05, 3.63) is 161 Å². The van der Waals surface area contributed by atoms with Gasteiger partial charge in [0.2, 0.25) is 59.1 Å². The quantitative estimate of drug-likeness (QED) is 0.0241. The SMILES string of the molecule is CC[C@H](C)[C@H](NC(=O)[C@H](C)NC(=O)[C@H](CCCCN)NC(=O)CNC(=O)[C@H](Cc1ccc(O)cc1)NC(=O)[C@H](Cc1ccc(O)cc1)NC(=O)[C@H](CCCCN)NC(=O)[C@H](Cc1ccccc1)NC(=O)[C@H](Cc1c[nH]c2ccccc12)NC(=O)C(C)(C)N)C(=O)N[C@@H](Cc1ccc(O)cc1)C(=O)O. The molecule has 103 heavy (non-hydrogen) atoms. The van der Waals surface area contributed by atoms with Crippen molar-refractivity contribution < 1.29 is 73.2 Å². The zero-order valence-electron chi connectivity index (χ0n) is 58.6. The van der Waals surface area contributed by atoms with Gasteiger partial charge in [0.15, 0.2) is 0 Å². The topological polar surface area (TPSA) is 483 Å². The molecule has 554 valence electrons. The Morgan fingerprint density at radius 2 is 0.854 bits per heavy atom. The number of unbranched alkanes of at least 4 members (excludes halogenated alkanes) is 2. The van der Waals surface area contributed by atoms with E-state index in [1.807, 2.05) is 24.3 Å². The Balaban J connectivity index is 1.20. The molecule has 29 nitrogen and oxygen atoms in total. The van der Waals surface area contributed by atoms with Gasteiger partial charge in [0.1, 0.15) is 71.6 Å². The summed E-state index contributed by atoms with van der Waals surface area (Å²) in [6.07, 6.45) is 2.85. The lowest BCUT2D eigenvalue weighted by molar-refractivity contribution is -0.142. The van der Waals surface area contributed by atoms with E-state index in [-0.39, 0.29) is 75.3 Å². The number of hydrogen-bond acceptors (Lipinski definition) is 17. The highest BCUT2D eigenvalue weighted by Gasteiger charge is 2.37. The first-order valence-electron chi connectivity index (χ1n) is 34.4. The molecule has 21 N–H and O–H groups in total. The van der Waals surface area contributed by atoms with Gasteiger partial charge in [-0.25, -0.2) is 4.79 Å². The Bertz CT molecular complexity index is 3830. The maximum absolute atomic E-state index is 14.9. The molecule has 0 spiro atoms. The first-order chi connectivity index (χ1) is 49.0. The number of carboxylic acids is 1. The van der Waals surface area contributed by atoms with Crippen LogP contribution in [0.25, 0.3) is 10.9 Å². The number of carboxylic acid groups (broad SMARTS) is 1. The van der Waals surface area contributed by atoms with E-state index in [1.54, 1.807) is 50.4 Å². The van der Waals surface area contributed by atoms with Gasteiger partial charge in [-0.05, 0) is 149 Å². The number of aromatic nitrogens is 1. The predicted octanol–water partition coefficient (Wildman–Crippen LogP) is 1.42. The number of fused-ring (bicyclic) bond motifs is 1. The Hall–Kier alpha value is -10.9. The second-order valence-corrected chi connectivity index (χ2v) is 26.3. The molecule has 0 aliphatic carbocycles. The second kappa shape index (κ2) is 39.9. The third-order valence-electron chi connectivity index (χ3n) is 17.4. The largest absolute Gasteiger partial charge is 0.508 e. The van der Waals surface area contributed by atoms with Crippen LogP contribution in [0.2, 0.25) is 0 Å². The summed E-state index contributed by atoms with van der Waals surface area (Å²) in [5.41, 5.74) is 19.9. The van der Waals surface area contributed by atoms with E-state index in [9.17, 15) is 73.2 Å². The van der Waals surface area contributed by atoms with Crippen molar-refractivity contribution in [2.75, 3.05) is 19.6 Å². The Kier molecular flexibility index (Phi) is 31.4. The molecule has 0 saturated heterocycles. The van der Waals surface area contributed by atoms with Gasteiger partial charge in [-0.15, -0.1) is 0 Å². The molecule has 0 unspecified atom stereocenters. The molecule has 10 atom stereocenters. The highest BCUT2D eigenvalue weighted by molar-refractivity contribution is 5.99. The number of carbonyl (C=O) groups excluding carboxylic acids is 10. The summed E-state index contributed by atoms with van der Waals surface area (Å²) in [5.74, 6) is -10.3. The number of hydrogen-bond donors (Lipinski definition) is 18. The number of aliphatic carboxylic acids is 1. The highest BCUT2D eigenvalue weighted by Crippen LogP contribution is 2.22. The van der Waals surface area contributed by atoms with Crippen LogP contribution in [-0.4, -0.2) is 170 Å². The summed E-state index contributed by atoms with van der Waals surface area (Å²) in [6.45, 7) is 7.44. The maximum atomic E-state index is 14.9. The smallest absolute Gasteiger partial charge is 0.326 e. The van der Waals surface area contributed by atoms with Crippen molar-refractivity contribution in [1.29, 1.82) is 0 Å². The minimum absolute atomic E-state index is 0.0138. The molecule has 0 saturated carbocycles. The Labute approximate surface area is 597 Å². The van der Waals surface area contributed by atoms with Crippen molar-refractivity contribution in [1.82, 2.24) is 58.2 Å². The number of rotatable bonds is 41. The van der Waals surface area contributed by atoms with Gasteiger partial charge in [0.05, 0.1) is 12.1 Å². The fourth-order valence-corrected chi connectivity index (χ4v) is 11.1. The number of carbonyl (C=O) groups is 11. The summed E-state index contributed by atoms with van der Waals surface area (Å²) in [6, 6.07) is 21.0. The number of nitrogens with one attached hydrogen (secondary N) is 11. The van der Waals surface area contributed by atoms with Crippen molar-refractivity contribution >= 4 is 75.9 Å². The van der Waals surface area contributed by atoms with Gasteiger partial charge in [0.25, 0.3) is 0 Å². The number of aromatic amines is 1. The van der Waals surface area contributed by atoms with Crippen LogP contribution in [-0.2, 0) is 84.8 Å². The lowest BCUT2D eigenvalue weighted by Crippen LogP contribution is -2.61. The van der Waals surface area contributed by atoms with Gasteiger partial charge in [-0.3, -0.25) is 47.9 Å². The van der Waals surface area contributed by atoms with Gasteiger partial charge in [-0.1, -0.05) is 105 Å². The standard InChI is InChI=1S/C74H98N14O15/c1-6-43(2)63(71(100)86-61(72(101)102)39-48-26-32-52(91)33-27-48)88-64(93)44(3)80-66(95)55(20-12-14-34-75)81-62(92)42-79-65(94)57(37-46-22-28-50(89)29-23-46)83-69(98)59(38-47-24-30-51(90)31-25-47)84-67(96)56(21-13-15-35-76)82-68(97)58(36-45-16-8-7-9-17-45)85-70(99)60(87-73(103)74(4,5)77)40-49-41-78-54-19-11-10-18-53(49)54/h7-11,16-19,22-33,41,43-44,55-61,63,78,89-91H,6,12-15,20-21,34-40,42,75-77H2,1-5H3,(H,79,94)(H,80,95)(H,81,92)(H,82,97)(H,83,98)(H,84,96)(H,85,99)(H,86,100)(H,87,103)(H,88,93)(H,101,102)/t43-,44-,55-,56-,57-,58-,59-,60-,61-,63-/m0/s1. The summed E-state index contributed by atoms with van der Waals surface area (Å²) in [5, 5.41) is 67.5. The molecule has 6 aromatic rings. The van der Waals surface area contributed by atoms with E-state index < -0.39 is 137 Å². The molecule has 0 fully saturated rings. The third-order valence-corrected chi connectivity index (χ3v) is 17.4. The monoisotopic (exact) mass is 1420 g/mol. The van der Waals surface area contributed by atoms with E-state index >= 15 is 0 Å². The first kappa shape index (κ1) is 81.1. The van der Waals surface area contributed by atoms with Crippen LogP contribution in [0.4, 0.5) is 0 Å². The number of phenolic OH excluding ortho intramolecular Hbond substituents is 3. The number of nitrogens with two attached hydrogens (primary N) is 3. The average molecular weight is 1420 g/mol. The Morgan fingerprint density at radius 1 is 0.447 bits per heavy atom. The molecule has 10 amide bonds. The van der Waals surface area contributed by atoms with Crippen molar-refractivity contribution in [3.63, 3.8) is 0 Å². The zero-order chi connectivity index (χ0) is 75.3. The van der Waals surface area contributed by atoms with Gasteiger partial charge in [0, 0.05) is 49.2 Å². The van der Waals surface area contributed by atoms with E-state index in [1.165, 1.54) is 93.6 Å². The number of amides is 10. The fourth-order valence-electron chi connectivity index (χ4n) is 11.1. The zero-order valence-corrected chi connectivity index (χ0v) is 58.6. The van der Waals surface area contributed by atoms with Crippen molar-refractivity contribution in [3.8, 4) is 17.2 Å². The minimum Gasteiger partial charge on any atom is -0.508 e. The van der Waals surface area contributed by atoms with Crippen LogP contribution < -0.4 is 70.4 Å². The fraction of sp³-hybridized carbons (Fsp3) is 0.419. The normalized spacial score (nSPS) is 14.2. The lowest BCUT2D eigenvalue weighted by atomic mass is 9.97. The second-order valence-electron chi connectivity index (χ2n) is 26.3. The number of benzene rings is 5. The van der Waals surface area contributed by atoms with E-state index in [0.29, 0.717) is 59.9 Å². The highest BCUT2D eigenvalue weighted by atomic mass is 16.4. The van der Waals surface area contributed by atoms with Gasteiger partial charge < -0.3 is 95.8 Å². The van der Waals surface area contributed by atoms with Crippen molar-refractivity contribution in [2.45, 2.75) is 172 Å². The number of aromatic hydroxyl groups is 3. The van der Waals surface area contributed by atoms with Gasteiger partial charge >= 0.3 is 5.97 Å². The summed E-state index contributed by atoms with van der Waals surface area (Å²) in [7, 11) is 0. The number of phenols is 3. The van der Waals surface area contributed by atoms with Crippen molar-refractivity contribution in [2.24, 2.45) is 23.1 Å². The molecule has 0 bridgehead atoms. The molecule has 5 aromatic carbocycles. The lowest BCUT2D eigenvalue weighted by Gasteiger charge is -2.28. The van der Waals surface area contributed by atoms with E-state index in [2.05, 4.69) is 58.2 Å². The van der Waals surface area contributed by atoms with Gasteiger partial charge in [-0.2, -0.15) is 0 Å². The molecular weight excluding hydrogens is 1320 g/mol. The number of H-pyrrole nitrogens is 1. The summed E-state index contributed by atoms with van der Waals surface area (Å²) < 4.78 is 0. The molecule has 29 heteroatoms. The first-order valence-corrected chi connectivity index (χ1v) is 34.4. The third kappa shape index (κ3) is 26.2. The van der Waals surface area contributed by atoms with Crippen LogP contribution in [0.3, 0.4) is 0 Å². The van der Waals surface area contributed by atoms with E-state index in [0.717, 1.165) is 10.9 Å². The Morgan fingerprint density at radius 3 is 1.33 bits per heavy atom. The molecule has 0 radical (unpaired) electrons. The molecule has 6 rings (SSSR count). The molecule has 0 aliphatic rings. The number of para-hydroxylation sites is 1. The van der Waals surface area contributed by atoms with Crippen LogP contribution in [0, 0.1) is 5.92 Å². The van der Waals surface area contributed by atoms with Crippen LogP contribution >= 0.6 is 0 Å². The van der Waals surface area contributed by atoms with Crippen LogP contribution in [0.15, 0.2) is 134 Å². The average Bonchev–Trinajstić information content (AvgIpc) is 1.71. The van der Waals surface area contributed by atoms with E-state index in [4.69, 9.17) is 17.2 Å². The maximum Gasteiger partial charge on any atom is 0.326 e. The molecular formula is C74H98N14O15. The summed E-state index contributed by atoms with van der Waals surface area (Å²) >= 11 is 0. The minimum atomic E-state index is -1.52. The molecule has 1 aromatic heterocycles. The van der Waals surface area contributed by atoms with Crippen LogP contribution in [0.5, 0.6) is 17.2 Å².